The Morgan fingerprint density at radius 3 is 2.81 bits per heavy atom. The molecule has 0 aliphatic carbocycles. The van der Waals surface area contributed by atoms with E-state index in [1.807, 2.05) is 36.5 Å². The number of hydrogen-bond acceptors (Lipinski definition) is 5. The second-order valence-electron chi connectivity index (χ2n) is 7.05. The summed E-state index contributed by atoms with van der Waals surface area (Å²) in [5.41, 5.74) is 1.02. The molecule has 2 aliphatic heterocycles. The van der Waals surface area contributed by atoms with Crippen molar-refractivity contribution in [2.24, 2.45) is 0 Å². The number of aromatic amines is 1. The van der Waals surface area contributed by atoms with Crippen molar-refractivity contribution in [3.63, 3.8) is 0 Å². The molecule has 0 bridgehead atoms. The zero-order chi connectivity index (χ0) is 18.5. The summed E-state index contributed by atoms with van der Waals surface area (Å²) >= 11 is 0. The maximum absolute atomic E-state index is 10.3. The van der Waals surface area contributed by atoms with Gasteiger partial charge >= 0.3 is 0 Å². The van der Waals surface area contributed by atoms with Gasteiger partial charge in [-0.1, -0.05) is 12.1 Å². The molecule has 0 amide bonds. The molecule has 3 N–H and O–H groups in total. The molecule has 7 nitrogen and oxygen atoms in total. The third-order valence-corrected chi connectivity index (χ3v) is 5.04. The summed E-state index contributed by atoms with van der Waals surface area (Å²) in [6, 6.07) is 11.9. The highest BCUT2D eigenvalue weighted by atomic mass is 16.7. The van der Waals surface area contributed by atoms with Crippen LogP contribution in [0, 0.1) is 0 Å². The van der Waals surface area contributed by atoms with Crippen LogP contribution in [0.5, 0.6) is 11.5 Å². The number of nitrogens with one attached hydrogen (secondary N) is 2. The monoisotopic (exact) mass is 373 g/mol. The third kappa shape index (κ3) is 4.68. The number of pyridine rings is 1. The molecule has 2 aromatic rings. The lowest BCUT2D eigenvalue weighted by molar-refractivity contribution is -0.903. The fourth-order valence-electron chi connectivity index (χ4n) is 3.58. The van der Waals surface area contributed by atoms with Crippen LogP contribution in [0.2, 0.25) is 0 Å². The number of aliphatic hydroxyl groups is 1. The number of fused-ring (bicyclic) bond motifs is 1. The predicted molar refractivity (Wildman–Crippen MR) is 99.0 cm³/mol. The van der Waals surface area contributed by atoms with E-state index in [9.17, 15) is 5.11 Å². The van der Waals surface area contributed by atoms with Gasteiger partial charge in [-0.2, -0.15) is 0 Å². The molecule has 27 heavy (non-hydrogen) atoms. The van der Waals surface area contributed by atoms with Gasteiger partial charge in [0.15, 0.2) is 11.5 Å². The van der Waals surface area contributed by atoms with Crippen molar-refractivity contribution in [3.05, 3.63) is 48.2 Å². The molecule has 4 rings (SSSR count). The van der Waals surface area contributed by atoms with E-state index >= 15 is 0 Å². The highest BCUT2D eigenvalue weighted by molar-refractivity contribution is 5.44. The van der Waals surface area contributed by atoms with Crippen LogP contribution in [0.1, 0.15) is 5.56 Å². The standard InChI is InChI=1S/C20H25N3O4/c24-17(14-25-13-16-4-5-18-19(11-16)27-15-26-18)12-22-7-9-23(10-8-22)20-3-1-2-6-21-20/h1-6,11,17,24H,7-10,12-15H2/p+2/t17-/m0/s1. The van der Waals surface area contributed by atoms with Crippen LogP contribution in [0.3, 0.4) is 0 Å². The summed E-state index contributed by atoms with van der Waals surface area (Å²) in [6.07, 6.45) is 1.50. The van der Waals surface area contributed by atoms with Crippen LogP contribution < -0.4 is 24.3 Å². The predicted octanol–water partition coefficient (Wildman–Crippen LogP) is -0.488. The minimum atomic E-state index is -0.455. The van der Waals surface area contributed by atoms with Crippen molar-refractivity contribution in [3.8, 4) is 11.5 Å². The Labute approximate surface area is 159 Å². The first kappa shape index (κ1) is 18.0. The molecule has 3 heterocycles. The third-order valence-electron chi connectivity index (χ3n) is 5.04. The summed E-state index contributed by atoms with van der Waals surface area (Å²) in [5, 5.41) is 10.3. The Morgan fingerprint density at radius 2 is 2.00 bits per heavy atom. The van der Waals surface area contributed by atoms with E-state index in [0.717, 1.165) is 49.1 Å². The summed E-state index contributed by atoms with van der Waals surface area (Å²) < 4.78 is 16.4. The molecule has 1 aromatic heterocycles. The number of aromatic nitrogens is 1. The number of piperazine rings is 1. The number of H-pyrrole nitrogens is 1. The molecule has 0 radical (unpaired) electrons. The Morgan fingerprint density at radius 1 is 1.15 bits per heavy atom. The van der Waals surface area contributed by atoms with E-state index < -0.39 is 6.10 Å². The lowest BCUT2D eigenvalue weighted by Crippen LogP contribution is -3.16. The number of nitrogens with zero attached hydrogens (tertiary/aromatic N) is 1. The molecule has 1 aromatic carbocycles. The van der Waals surface area contributed by atoms with Gasteiger partial charge in [-0.05, 0) is 23.8 Å². The number of hydrogen-bond donors (Lipinski definition) is 2. The largest absolute Gasteiger partial charge is 0.454 e. The average molecular weight is 373 g/mol. The van der Waals surface area contributed by atoms with Crippen LogP contribution in [0.25, 0.3) is 0 Å². The van der Waals surface area contributed by atoms with Gasteiger partial charge in [0.1, 0.15) is 38.8 Å². The second kappa shape index (κ2) is 8.56. The number of quaternary nitrogens is 1. The first-order chi connectivity index (χ1) is 13.3. The van der Waals surface area contributed by atoms with Crippen LogP contribution >= 0.6 is 0 Å². The number of anilines is 1. The van der Waals surface area contributed by atoms with E-state index in [2.05, 4.69) is 16.0 Å². The van der Waals surface area contributed by atoms with Gasteiger partial charge in [-0.15, -0.1) is 0 Å². The number of ether oxygens (including phenoxy) is 3. The fraction of sp³-hybridized carbons (Fsp3) is 0.450. The van der Waals surface area contributed by atoms with Gasteiger partial charge in [0.2, 0.25) is 6.79 Å². The van der Waals surface area contributed by atoms with Crippen molar-refractivity contribution in [2.75, 3.05) is 51.0 Å². The minimum absolute atomic E-state index is 0.275. The Balaban J connectivity index is 1.16. The van der Waals surface area contributed by atoms with Crippen molar-refractivity contribution in [1.29, 1.82) is 0 Å². The molecule has 1 saturated heterocycles. The van der Waals surface area contributed by atoms with Gasteiger partial charge in [-0.3, -0.25) is 4.90 Å². The van der Waals surface area contributed by atoms with Crippen LogP contribution in [-0.2, 0) is 11.3 Å². The number of rotatable bonds is 7. The van der Waals surface area contributed by atoms with Gasteiger partial charge in [0.05, 0.1) is 19.4 Å². The maximum Gasteiger partial charge on any atom is 0.274 e. The van der Waals surface area contributed by atoms with Crippen LogP contribution in [-0.4, -0.2) is 57.3 Å². The van der Waals surface area contributed by atoms with Crippen LogP contribution in [0.4, 0.5) is 5.82 Å². The van der Waals surface area contributed by atoms with E-state index in [-0.39, 0.29) is 6.79 Å². The maximum atomic E-state index is 10.3. The highest BCUT2D eigenvalue weighted by Gasteiger charge is 2.27. The summed E-state index contributed by atoms with van der Waals surface area (Å²) in [4.78, 5) is 7.05. The average Bonchev–Trinajstić information content (AvgIpc) is 3.17. The first-order valence-electron chi connectivity index (χ1n) is 9.47. The zero-order valence-corrected chi connectivity index (χ0v) is 15.4. The fourth-order valence-corrected chi connectivity index (χ4v) is 3.58. The Hall–Kier alpha value is -2.35. The van der Waals surface area contributed by atoms with Crippen LogP contribution in [0.15, 0.2) is 42.6 Å². The topological polar surface area (TPSA) is 69.7 Å². The molecule has 144 valence electrons. The highest BCUT2D eigenvalue weighted by Crippen LogP contribution is 2.32. The van der Waals surface area contributed by atoms with Crippen molar-refractivity contribution in [1.82, 2.24) is 0 Å². The second-order valence-corrected chi connectivity index (χ2v) is 7.05. The van der Waals surface area contributed by atoms with E-state index in [1.54, 1.807) is 0 Å². The van der Waals surface area contributed by atoms with Crippen molar-refractivity contribution >= 4 is 5.82 Å². The molecule has 1 fully saturated rings. The first-order valence-corrected chi connectivity index (χ1v) is 9.47. The zero-order valence-electron chi connectivity index (χ0n) is 15.4. The van der Waals surface area contributed by atoms with E-state index in [1.165, 1.54) is 4.90 Å². The SMILES string of the molecule is O[C@H](COCc1ccc2c(c1)OCO2)C[NH+]1CCN(c2cccc[nH+]2)CC1. The van der Waals surface area contributed by atoms with Gasteiger partial charge in [-0.25, -0.2) is 4.98 Å². The van der Waals surface area contributed by atoms with E-state index in [4.69, 9.17) is 14.2 Å². The van der Waals surface area contributed by atoms with Crippen molar-refractivity contribution < 1.29 is 29.2 Å². The Bertz CT molecular complexity index is 735. The Kier molecular flexibility index (Phi) is 5.72. The van der Waals surface area contributed by atoms with E-state index in [0.29, 0.717) is 19.8 Å². The van der Waals surface area contributed by atoms with Crippen molar-refractivity contribution in [2.45, 2.75) is 12.7 Å². The molecule has 0 saturated carbocycles. The number of aliphatic hydroxyl groups excluding tert-OH is 1. The number of benzene rings is 1. The quantitative estimate of drug-likeness (QED) is 0.686. The molecule has 2 aliphatic rings. The molecular weight excluding hydrogens is 346 g/mol. The molecule has 0 spiro atoms. The summed E-state index contributed by atoms with van der Waals surface area (Å²) in [6.45, 7) is 5.80. The normalized spacial score (nSPS) is 17.9. The summed E-state index contributed by atoms with van der Waals surface area (Å²) in [7, 11) is 0. The van der Waals surface area contributed by atoms with Gasteiger partial charge in [0, 0.05) is 6.07 Å². The molecular formula is C20H27N3O4+2. The molecule has 0 unspecified atom stereocenters. The minimum Gasteiger partial charge on any atom is -0.454 e. The summed E-state index contributed by atoms with van der Waals surface area (Å²) in [5.74, 6) is 2.69. The van der Waals surface area contributed by atoms with Gasteiger partial charge in [0.25, 0.3) is 5.82 Å². The lowest BCUT2D eigenvalue weighted by Gasteiger charge is -2.29. The van der Waals surface area contributed by atoms with Gasteiger partial charge < -0.3 is 24.2 Å². The molecule has 1 atom stereocenters. The molecule has 7 heteroatoms. The smallest absolute Gasteiger partial charge is 0.274 e. The lowest BCUT2D eigenvalue weighted by atomic mass is 10.2.